The number of benzene rings is 2. The van der Waals surface area contributed by atoms with Gasteiger partial charge >= 0.3 is 0 Å². The van der Waals surface area contributed by atoms with Crippen LogP contribution in [0.5, 0.6) is 0 Å². The first-order valence-corrected chi connectivity index (χ1v) is 14.2. The van der Waals surface area contributed by atoms with Crippen LogP contribution in [0.2, 0.25) is 0 Å². The molecule has 1 unspecified atom stereocenters. The highest BCUT2D eigenvalue weighted by molar-refractivity contribution is 5.78. The highest BCUT2D eigenvalue weighted by Crippen LogP contribution is 2.30. The second-order valence-corrected chi connectivity index (χ2v) is 10.4. The van der Waals surface area contributed by atoms with E-state index in [9.17, 15) is 8.78 Å². The molecule has 0 amide bonds. The van der Waals surface area contributed by atoms with E-state index in [0.29, 0.717) is 74.7 Å². The number of para-hydroxylation sites is 2. The van der Waals surface area contributed by atoms with E-state index in [2.05, 4.69) is 39.5 Å². The van der Waals surface area contributed by atoms with E-state index in [-0.39, 0.29) is 17.9 Å². The Hall–Kier alpha value is -3.87. The van der Waals surface area contributed by atoms with Crippen molar-refractivity contribution in [2.45, 2.75) is 25.4 Å². The number of ether oxygens (including phenoxy) is 3. The Balaban J connectivity index is 1.31. The van der Waals surface area contributed by atoms with Crippen molar-refractivity contribution in [3.8, 4) is 5.82 Å². The molecule has 2 aliphatic rings. The van der Waals surface area contributed by atoms with Gasteiger partial charge in [-0.05, 0) is 36.8 Å². The van der Waals surface area contributed by atoms with Gasteiger partial charge < -0.3 is 29.3 Å². The Bertz CT molecular complexity index is 1490. The third-order valence-electron chi connectivity index (χ3n) is 7.68. The number of hydrogen-bond acceptors (Lipinski definition) is 9. The van der Waals surface area contributed by atoms with E-state index < -0.39 is 6.43 Å². The van der Waals surface area contributed by atoms with Gasteiger partial charge in [-0.3, -0.25) is 4.57 Å². The minimum Gasteiger partial charge on any atom is -0.382 e. The van der Waals surface area contributed by atoms with Gasteiger partial charge in [-0.2, -0.15) is 9.97 Å². The Morgan fingerprint density at radius 2 is 1.74 bits per heavy atom. The van der Waals surface area contributed by atoms with Crippen molar-refractivity contribution in [3.63, 3.8) is 0 Å². The summed E-state index contributed by atoms with van der Waals surface area (Å²) >= 11 is 0. The van der Waals surface area contributed by atoms with Crippen LogP contribution in [0.3, 0.4) is 0 Å². The van der Waals surface area contributed by atoms with Gasteiger partial charge in [-0.15, -0.1) is 0 Å². The molecule has 2 saturated heterocycles. The number of fused-ring (bicyclic) bond motifs is 1. The summed E-state index contributed by atoms with van der Waals surface area (Å²) < 4.78 is 46.4. The molecule has 2 aromatic carbocycles. The second kappa shape index (κ2) is 12.6. The lowest BCUT2D eigenvalue weighted by Crippen LogP contribution is -2.48. The van der Waals surface area contributed by atoms with Crippen molar-refractivity contribution in [1.82, 2.24) is 19.5 Å². The van der Waals surface area contributed by atoms with E-state index in [1.165, 1.54) is 4.57 Å². The zero-order chi connectivity index (χ0) is 29.1. The zero-order valence-electron chi connectivity index (χ0n) is 23.7. The Morgan fingerprint density at radius 1 is 0.976 bits per heavy atom. The molecule has 1 N–H and O–H groups in total. The number of aromatic nitrogens is 4. The minimum absolute atomic E-state index is 0.118. The number of methoxy groups -OCH3 is 1. The summed E-state index contributed by atoms with van der Waals surface area (Å²) in [6, 6.07) is 17.2. The summed E-state index contributed by atoms with van der Waals surface area (Å²) in [5, 5.41) is 3.48. The summed E-state index contributed by atoms with van der Waals surface area (Å²) in [5.74, 6) is 0.962. The molecule has 2 aromatic heterocycles. The largest absolute Gasteiger partial charge is 0.382 e. The number of anilines is 3. The standard InChI is InChI=1S/C30H35F2N7O3/c1-20(21-7-9-22(10-8-21)38-13-16-42-19-23(38)18-40-2)33-26-17-27(36-30(35-26)37-11-14-41-15-12-37)39-25-6-4-3-5-24(25)34-29(39)28(31)32/h3-10,17,20,23,28H,11-16,18-19H2,1-2H3,(H,33,35,36)/t20?,23-/m1/s1. The number of nitrogens with zero attached hydrogens (tertiary/aromatic N) is 6. The van der Waals surface area contributed by atoms with Crippen LogP contribution in [0, 0.1) is 0 Å². The molecule has 2 aliphatic heterocycles. The highest BCUT2D eigenvalue weighted by Gasteiger charge is 2.25. The minimum atomic E-state index is -2.77. The number of hydrogen-bond donors (Lipinski definition) is 1. The maximum atomic E-state index is 14.2. The van der Waals surface area contributed by atoms with Crippen LogP contribution in [-0.4, -0.2) is 85.3 Å². The topological polar surface area (TPSA) is 89.8 Å². The number of morpholine rings is 2. The predicted octanol–water partition coefficient (Wildman–Crippen LogP) is 4.61. The summed E-state index contributed by atoms with van der Waals surface area (Å²) in [6.07, 6.45) is -2.77. The third-order valence-corrected chi connectivity index (χ3v) is 7.68. The van der Waals surface area contributed by atoms with E-state index in [0.717, 1.165) is 17.8 Å². The van der Waals surface area contributed by atoms with Gasteiger partial charge in [0.05, 0.1) is 50.1 Å². The summed E-state index contributed by atoms with van der Waals surface area (Å²) in [4.78, 5) is 18.1. The van der Waals surface area contributed by atoms with Crippen molar-refractivity contribution in [3.05, 3.63) is 66.0 Å². The Labute approximate surface area is 243 Å². The van der Waals surface area contributed by atoms with Crippen LogP contribution in [-0.2, 0) is 14.2 Å². The maximum absolute atomic E-state index is 14.2. The van der Waals surface area contributed by atoms with Gasteiger partial charge in [0.25, 0.3) is 6.43 Å². The SMILES string of the molecule is COC[C@@H]1COCCN1c1ccc(C(C)Nc2cc(-n3c(C(F)F)nc4ccccc43)nc(N3CCOCC3)n2)cc1. The van der Waals surface area contributed by atoms with Gasteiger partial charge in [0.15, 0.2) is 5.82 Å². The first-order valence-electron chi connectivity index (χ1n) is 14.2. The van der Waals surface area contributed by atoms with Crippen LogP contribution in [0.4, 0.5) is 26.2 Å². The normalized spacial score (nSPS) is 18.5. The lowest BCUT2D eigenvalue weighted by molar-refractivity contribution is 0.0602. The van der Waals surface area contributed by atoms with Gasteiger partial charge in [0.1, 0.15) is 11.6 Å². The van der Waals surface area contributed by atoms with Crippen LogP contribution in [0.25, 0.3) is 16.9 Å². The molecule has 2 fully saturated rings. The van der Waals surface area contributed by atoms with Crippen molar-refractivity contribution >= 4 is 28.5 Å². The molecule has 0 aliphatic carbocycles. The average Bonchev–Trinajstić information content (AvgIpc) is 3.42. The molecule has 0 radical (unpaired) electrons. The van der Waals surface area contributed by atoms with E-state index in [1.807, 2.05) is 11.8 Å². The Morgan fingerprint density at radius 3 is 2.50 bits per heavy atom. The zero-order valence-corrected chi connectivity index (χ0v) is 23.7. The van der Waals surface area contributed by atoms with Crippen molar-refractivity contribution < 1.29 is 23.0 Å². The average molecular weight is 580 g/mol. The number of nitrogens with one attached hydrogen (secondary N) is 1. The van der Waals surface area contributed by atoms with Crippen LogP contribution < -0.4 is 15.1 Å². The lowest BCUT2D eigenvalue weighted by Gasteiger charge is -2.37. The summed E-state index contributed by atoms with van der Waals surface area (Å²) in [5.41, 5.74) is 3.21. The molecule has 4 aromatic rings. The molecule has 6 rings (SSSR count). The molecule has 2 atom stereocenters. The van der Waals surface area contributed by atoms with E-state index in [4.69, 9.17) is 24.2 Å². The summed E-state index contributed by atoms with van der Waals surface area (Å²) in [7, 11) is 1.70. The van der Waals surface area contributed by atoms with Gasteiger partial charge in [0.2, 0.25) is 5.95 Å². The second-order valence-electron chi connectivity index (χ2n) is 10.4. The smallest absolute Gasteiger partial charge is 0.296 e. The molecular formula is C30H35F2N7O3. The number of halogens is 2. The quantitative estimate of drug-likeness (QED) is 0.305. The van der Waals surface area contributed by atoms with Crippen molar-refractivity contribution in [1.29, 1.82) is 0 Å². The monoisotopic (exact) mass is 579 g/mol. The third kappa shape index (κ3) is 5.87. The molecule has 0 bridgehead atoms. The fourth-order valence-electron chi connectivity index (χ4n) is 5.53. The highest BCUT2D eigenvalue weighted by atomic mass is 19.3. The fourth-order valence-corrected chi connectivity index (χ4v) is 5.53. The first kappa shape index (κ1) is 28.3. The van der Waals surface area contributed by atoms with Gasteiger partial charge in [-0.25, -0.2) is 13.8 Å². The molecule has 222 valence electrons. The molecule has 4 heterocycles. The van der Waals surface area contributed by atoms with Crippen LogP contribution in [0.1, 0.15) is 30.8 Å². The molecule has 10 nitrogen and oxygen atoms in total. The molecule has 12 heteroatoms. The number of rotatable bonds is 9. The van der Waals surface area contributed by atoms with Gasteiger partial charge in [0, 0.05) is 44.5 Å². The van der Waals surface area contributed by atoms with Crippen molar-refractivity contribution in [2.75, 3.05) is 74.9 Å². The fraction of sp³-hybridized carbons (Fsp3) is 0.433. The molecule has 0 saturated carbocycles. The van der Waals surface area contributed by atoms with Crippen LogP contribution >= 0.6 is 0 Å². The molecular weight excluding hydrogens is 544 g/mol. The maximum Gasteiger partial charge on any atom is 0.296 e. The Kier molecular flexibility index (Phi) is 8.45. The summed E-state index contributed by atoms with van der Waals surface area (Å²) in [6.45, 7) is 7.07. The molecule has 0 spiro atoms. The molecule has 42 heavy (non-hydrogen) atoms. The number of imidazole rings is 1. The number of alkyl halides is 2. The lowest BCUT2D eigenvalue weighted by atomic mass is 10.1. The van der Waals surface area contributed by atoms with E-state index >= 15 is 0 Å². The predicted molar refractivity (Wildman–Crippen MR) is 157 cm³/mol. The van der Waals surface area contributed by atoms with E-state index in [1.54, 1.807) is 37.4 Å². The first-order chi connectivity index (χ1) is 20.5. The van der Waals surface area contributed by atoms with Gasteiger partial charge in [-0.1, -0.05) is 24.3 Å². The van der Waals surface area contributed by atoms with Crippen molar-refractivity contribution in [2.24, 2.45) is 0 Å². The van der Waals surface area contributed by atoms with Crippen LogP contribution in [0.15, 0.2) is 54.6 Å².